The number of amides is 1. The van der Waals surface area contributed by atoms with Crippen LogP contribution in [0.3, 0.4) is 0 Å². The van der Waals surface area contributed by atoms with Gasteiger partial charge in [0, 0.05) is 63.4 Å². The van der Waals surface area contributed by atoms with Gasteiger partial charge in [0.25, 0.3) is 0 Å². The van der Waals surface area contributed by atoms with Gasteiger partial charge in [0.15, 0.2) is 0 Å². The molecule has 8 heteroatoms. The first kappa shape index (κ1) is 24.4. The van der Waals surface area contributed by atoms with Crippen LogP contribution < -0.4 is 15.5 Å². The number of para-hydroxylation sites is 1. The quantitative estimate of drug-likeness (QED) is 0.706. The highest BCUT2D eigenvalue weighted by Crippen LogP contribution is 2.23. The third-order valence-electron chi connectivity index (χ3n) is 5.77. The molecule has 2 aliphatic heterocycles. The molecule has 6 nitrogen and oxygen atoms in total. The number of benzene rings is 1. The molecule has 1 aromatic heterocycles. The second kappa shape index (κ2) is 12.1. The highest BCUT2D eigenvalue weighted by atomic mass is 35.5. The van der Waals surface area contributed by atoms with E-state index in [9.17, 15) is 4.79 Å². The molecule has 2 saturated heterocycles. The molecular formula is C22H31Cl2N5O. The number of aromatic nitrogens is 1. The summed E-state index contributed by atoms with van der Waals surface area (Å²) in [6.07, 6.45) is 4.82. The van der Waals surface area contributed by atoms with E-state index in [1.54, 1.807) is 6.20 Å². The molecule has 2 unspecified atom stereocenters. The molecular weight excluding hydrogens is 421 g/mol. The Balaban J connectivity index is 0.00000160. The first-order valence-electron chi connectivity index (χ1n) is 10.2. The highest BCUT2D eigenvalue weighted by Gasteiger charge is 2.27. The van der Waals surface area contributed by atoms with Crippen LogP contribution in [0, 0.1) is 5.92 Å². The molecule has 2 aromatic rings. The minimum Gasteiger partial charge on any atom is -0.371 e. The van der Waals surface area contributed by atoms with Crippen molar-refractivity contribution in [3.05, 3.63) is 60.4 Å². The van der Waals surface area contributed by atoms with E-state index in [-0.39, 0.29) is 36.8 Å². The van der Waals surface area contributed by atoms with Crippen molar-refractivity contribution in [2.45, 2.75) is 12.5 Å². The van der Waals surface area contributed by atoms with Crippen molar-refractivity contribution in [1.29, 1.82) is 0 Å². The van der Waals surface area contributed by atoms with Gasteiger partial charge in [-0.05, 0) is 36.1 Å². The van der Waals surface area contributed by atoms with E-state index >= 15 is 0 Å². The average Bonchev–Trinajstić information content (AvgIpc) is 3.23. The lowest BCUT2D eigenvalue weighted by Gasteiger charge is -2.35. The Morgan fingerprint density at radius 3 is 2.73 bits per heavy atom. The number of nitrogens with one attached hydrogen (secondary N) is 2. The largest absolute Gasteiger partial charge is 0.371 e. The molecule has 2 aliphatic rings. The standard InChI is InChI=1S/C22H29N5O.2ClH/c28-22(17-27-12-10-24-15-21(27)19-5-4-9-23-14-19)25-13-18-8-11-26(16-18)20-6-2-1-3-7-20;;/h1-7,9,14,18,21,24H,8,10-13,15-17H2,(H,25,28);2*1H. The Hall–Kier alpha value is -1.86. The summed E-state index contributed by atoms with van der Waals surface area (Å²) in [7, 11) is 0. The summed E-state index contributed by atoms with van der Waals surface area (Å²) in [6, 6.07) is 14.8. The first-order chi connectivity index (χ1) is 13.8. The molecule has 30 heavy (non-hydrogen) atoms. The van der Waals surface area contributed by atoms with Crippen LogP contribution >= 0.6 is 24.8 Å². The van der Waals surface area contributed by atoms with Gasteiger partial charge in [-0.3, -0.25) is 14.7 Å². The minimum absolute atomic E-state index is 0. The van der Waals surface area contributed by atoms with Crippen molar-refractivity contribution in [1.82, 2.24) is 20.5 Å². The second-order valence-electron chi connectivity index (χ2n) is 7.72. The first-order valence-corrected chi connectivity index (χ1v) is 10.2. The molecule has 2 N–H and O–H groups in total. The zero-order valence-electron chi connectivity index (χ0n) is 17.1. The Morgan fingerprint density at radius 1 is 1.13 bits per heavy atom. The number of nitrogens with zero attached hydrogens (tertiary/aromatic N) is 3. The molecule has 4 rings (SSSR count). The maximum atomic E-state index is 12.6. The molecule has 3 heterocycles. The fraction of sp³-hybridized carbons (Fsp3) is 0.455. The van der Waals surface area contributed by atoms with E-state index in [4.69, 9.17) is 0 Å². The van der Waals surface area contributed by atoms with E-state index in [0.29, 0.717) is 12.5 Å². The van der Waals surface area contributed by atoms with Crippen LogP contribution in [0.15, 0.2) is 54.9 Å². The number of piperazine rings is 1. The fourth-order valence-corrected chi connectivity index (χ4v) is 4.21. The molecule has 0 radical (unpaired) electrons. The zero-order chi connectivity index (χ0) is 19.2. The van der Waals surface area contributed by atoms with Crippen molar-refractivity contribution in [3.63, 3.8) is 0 Å². The number of halogens is 2. The third kappa shape index (κ3) is 6.32. The molecule has 0 spiro atoms. The summed E-state index contributed by atoms with van der Waals surface area (Å²) in [6.45, 7) is 5.91. The van der Waals surface area contributed by atoms with E-state index in [1.807, 2.05) is 18.3 Å². The molecule has 0 bridgehead atoms. The van der Waals surface area contributed by atoms with Crippen LogP contribution in [0.25, 0.3) is 0 Å². The molecule has 1 amide bonds. The topological polar surface area (TPSA) is 60.5 Å². The number of pyridine rings is 1. The Labute approximate surface area is 191 Å². The molecule has 1 aromatic carbocycles. The predicted octanol–water partition coefficient (Wildman–Crippen LogP) is 2.51. The number of hydrogen-bond acceptors (Lipinski definition) is 5. The van der Waals surface area contributed by atoms with Crippen LogP contribution in [0.2, 0.25) is 0 Å². The number of carbonyl (C=O) groups excluding carboxylic acids is 1. The Bertz CT molecular complexity index is 765. The van der Waals surface area contributed by atoms with Gasteiger partial charge in [-0.15, -0.1) is 24.8 Å². The van der Waals surface area contributed by atoms with Crippen LogP contribution in [0.1, 0.15) is 18.0 Å². The van der Waals surface area contributed by atoms with E-state index < -0.39 is 0 Å². The molecule has 2 fully saturated rings. The minimum atomic E-state index is 0. The van der Waals surface area contributed by atoms with Crippen molar-refractivity contribution in [2.75, 3.05) is 50.7 Å². The Morgan fingerprint density at radius 2 is 1.97 bits per heavy atom. The van der Waals surface area contributed by atoms with Gasteiger partial charge in [-0.2, -0.15) is 0 Å². The lowest BCUT2D eigenvalue weighted by Crippen LogP contribution is -2.50. The molecule has 164 valence electrons. The summed E-state index contributed by atoms with van der Waals surface area (Å²) in [4.78, 5) is 21.5. The Kier molecular flexibility index (Phi) is 9.85. The smallest absolute Gasteiger partial charge is 0.234 e. The number of anilines is 1. The van der Waals surface area contributed by atoms with Crippen molar-refractivity contribution in [2.24, 2.45) is 5.92 Å². The summed E-state index contributed by atoms with van der Waals surface area (Å²) in [5, 5.41) is 6.60. The van der Waals surface area contributed by atoms with Gasteiger partial charge >= 0.3 is 0 Å². The third-order valence-corrected chi connectivity index (χ3v) is 5.77. The predicted molar refractivity (Wildman–Crippen MR) is 126 cm³/mol. The van der Waals surface area contributed by atoms with Crippen LogP contribution in [0.4, 0.5) is 5.69 Å². The number of hydrogen-bond donors (Lipinski definition) is 2. The summed E-state index contributed by atoms with van der Waals surface area (Å²) in [5.41, 5.74) is 2.44. The van der Waals surface area contributed by atoms with E-state index in [0.717, 1.165) is 51.3 Å². The van der Waals surface area contributed by atoms with Crippen molar-refractivity contribution >= 4 is 36.4 Å². The van der Waals surface area contributed by atoms with Gasteiger partial charge in [0.1, 0.15) is 0 Å². The second-order valence-corrected chi connectivity index (χ2v) is 7.72. The normalized spacial score (nSPS) is 21.4. The maximum Gasteiger partial charge on any atom is 0.234 e. The van der Waals surface area contributed by atoms with Gasteiger partial charge in [0.2, 0.25) is 5.91 Å². The molecule has 0 saturated carbocycles. The van der Waals surface area contributed by atoms with Gasteiger partial charge in [0.05, 0.1) is 6.54 Å². The summed E-state index contributed by atoms with van der Waals surface area (Å²) >= 11 is 0. The van der Waals surface area contributed by atoms with E-state index in [2.05, 4.69) is 55.7 Å². The lowest BCUT2D eigenvalue weighted by atomic mass is 10.1. The van der Waals surface area contributed by atoms with Crippen LogP contribution in [-0.2, 0) is 4.79 Å². The molecule has 2 atom stereocenters. The zero-order valence-corrected chi connectivity index (χ0v) is 18.7. The highest BCUT2D eigenvalue weighted by molar-refractivity contribution is 5.85. The van der Waals surface area contributed by atoms with Gasteiger partial charge in [-0.1, -0.05) is 24.3 Å². The van der Waals surface area contributed by atoms with Crippen LogP contribution in [0.5, 0.6) is 0 Å². The summed E-state index contributed by atoms with van der Waals surface area (Å²) < 4.78 is 0. The maximum absolute atomic E-state index is 12.6. The van der Waals surface area contributed by atoms with Crippen molar-refractivity contribution in [3.8, 4) is 0 Å². The van der Waals surface area contributed by atoms with E-state index in [1.165, 1.54) is 5.69 Å². The van der Waals surface area contributed by atoms with Gasteiger partial charge in [-0.25, -0.2) is 0 Å². The average molecular weight is 452 g/mol. The van der Waals surface area contributed by atoms with Gasteiger partial charge < -0.3 is 15.5 Å². The summed E-state index contributed by atoms with van der Waals surface area (Å²) in [5.74, 6) is 0.634. The fourth-order valence-electron chi connectivity index (χ4n) is 4.21. The lowest BCUT2D eigenvalue weighted by molar-refractivity contribution is -0.123. The monoisotopic (exact) mass is 451 g/mol. The molecule has 0 aliphatic carbocycles. The van der Waals surface area contributed by atoms with Crippen LogP contribution in [-0.4, -0.2) is 61.6 Å². The number of carbonyl (C=O) groups is 1. The number of rotatable bonds is 6. The van der Waals surface area contributed by atoms with Crippen molar-refractivity contribution < 1.29 is 4.79 Å². The SMILES string of the molecule is Cl.Cl.O=C(CN1CCNCC1c1cccnc1)NCC1CCN(c2ccccc2)C1.